The van der Waals surface area contributed by atoms with E-state index in [1.165, 1.54) is 22.3 Å². The van der Waals surface area contributed by atoms with E-state index in [0.717, 1.165) is 49.4 Å². The van der Waals surface area contributed by atoms with E-state index < -0.39 is 0 Å². The molecular weight excluding hydrogens is 392 g/mol. The highest BCUT2D eigenvalue weighted by Crippen LogP contribution is 2.51. The Morgan fingerprint density at radius 1 is 1.07 bits per heavy atom. The number of benzene rings is 1. The molecule has 2 aliphatic rings. The standard InChI is InChI=1S/C25H28N4.ClH/c1-17-14-22(20-7-5-11-27-16-20)18(2)24(28-17)29-12-9-25(10-13-29)15-19-6-3-4-8-21(19)23(25)26;/h3-8,11,14,16,23H,9-10,12-13,15,26H2,1-2H3;1H/t23-;/m1./s1. The topological polar surface area (TPSA) is 55.0 Å². The lowest BCUT2D eigenvalue weighted by Gasteiger charge is -2.43. The zero-order valence-corrected chi connectivity index (χ0v) is 18.5. The minimum atomic E-state index is 0. The van der Waals surface area contributed by atoms with Gasteiger partial charge in [-0.05, 0) is 72.9 Å². The largest absolute Gasteiger partial charge is 0.356 e. The molecule has 1 spiro atoms. The minimum absolute atomic E-state index is 0. The summed E-state index contributed by atoms with van der Waals surface area (Å²) in [4.78, 5) is 11.7. The van der Waals surface area contributed by atoms with Crippen LogP contribution in [-0.4, -0.2) is 23.1 Å². The van der Waals surface area contributed by atoms with Gasteiger partial charge in [0.25, 0.3) is 0 Å². The molecular formula is C25H29ClN4. The maximum atomic E-state index is 6.75. The number of piperidine rings is 1. The molecule has 1 aliphatic carbocycles. The smallest absolute Gasteiger partial charge is 0.132 e. The monoisotopic (exact) mass is 420 g/mol. The van der Waals surface area contributed by atoms with Crippen LogP contribution in [0.4, 0.5) is 5.82 Å². The van der Waals surface area contributed by atoms with Crippen molar-refractivity contribution in [3.8, 4) is 11.1 Å². The lowest BCUT2D eigenvalue weighted by atomic mass is 9.73. The Kier molecular flexibility index (Phi) is 5.56. The third-order valence-electron chi connectivity index (χ3n) is 7.00. The second-order valence-corrected chi connectivity index (χ2v) is 8.70. The summed E-state index contributed by atoms with van der Waals surface area (Å²) in [6.07, 6.45) is 7.09. The SMILES string of the molecule is Cc1cc(-c2cccnc2)c(C)c(N2CCC3(CC2)Cc2ccccc2[C@H]3N)n1.Cl. The van der Waals surface area contributed by atoms with Crippen molar-refractivity contribution in [1.29, 1.82) is 0 Å². The number of hydrogen-bond donors (Lipinski definition) is 1. The highest BCUT2D eigenvalue weighted by molar-refractivity contribution is 5.85. The average molecular weight is 421 g/mol. The summed E-state index contributed by atoms with van der Waals surface area (Å²) in [5.41, 5.74) is 14.4. The van der Waals surface area contributed by atoms with Crippen LogP contribution in [-0.2, 0) is 6.42 Å². The number of aromatic nitrogens is 2. The quantitative estimate of drug-likeness (QED) is 0.632. The van der Waals surface area contributed by atoms with Crippen molar-refractivity contribution >= 4 is 18.2 Å². The van der Waals surface area contributed by atoms with Gasteiger partial charge in [-0.2, -0.15) is 0 Å². The molecule has 2 aromatic heterocycles. The van der Waals surface area contributed by atoms with E-state index in [4.69, 9.17) is 10.7 Å². The molecule has 0 amide bonds. The molecule has 5 rings (SSSR count). The van der Waals surface area contributed by atoms with E-state index in [2.05, 4.69) is 60.1 Å². The first-order valence-electron chi connectivity index (χ1n) is 10.5. The number of anilines is 1. The van der Waals surface area contributed by atoms with Gasteiger partial charge >= 0.3 is 0 Å². The summed E-state index contributed by atoms with van der Waals surface area (Å²) in [6, 6.07) is 15.2. The zero-order valence-electron chi connectivity index (χ0n) is 17.6. The molecule has 4 nitrogen and oxygen atoms in total. The van der Waals surface area contributed by atoms with Crippen LogP contribution in [0.25, 0.3) is 11.1 Å². The molecule has 1 aliphatic heterocycles. The van der Waals surface area contributed by atoms with Crippen LogP contribution in [0.1, 0.15) is 41.3 Å². The minimum Gasteiger partial charge on any atom is -0.356 e. The van der Waals surface area contributed by atoms with Crippen LogP contribution in [0.3, 0.4) is 0 Å². The fraction of sp³-hybridized carbons (Fsp3) is 0.360. The molecule has 1 atom stereocenters. The molecule has 1 fully saturated rings. The summed E-state index contributed by atoms with van der Waals surface area (Å²) in [5, 5.41) is 0. The van der Waals surface area contributed by atoms with Crippen LogP contribution in [0.5, 0.6) is 0 Å². The first kappa shape index (κ1) is 20.8. The highest BCUT2D eigenvalue weighted by atomic mass is 35.5. The van der Waals surface area contributed by atoms with Crippen molar-refractivity contribution in [3.05, 3.63) is 77.2 Å². The van der Waals surface area contributed by atoms with Crippen LogP contribution in [0, 0.1) is 19.3 Å². The van der Waals surface area contributed by atoms with Crippen molar-refractivity contribution in [2.24, 2.45) is 11.1 Å². The first-order valence-corrected chi connectivity index (χ1v) is 10.5. The number of nitrogens with zero attached hydrogens (tertiary/aromatic N) is 3. The fourth-order valence-corrected chi connectivity index (χ4v) is 5.32. The predicted octanol–water partition coefficient (Wildman–Crippen LogP) is 5.02. The third-order valence-corrected chi connectivity index (χ3v) is 7.00. The Morgan fingerprint density at radius 2 is 1.83 bits per heavy atom. The van der Waals surface area contributed by atoms with E-state index in [9.17, 15) is 0 Å². The van der Waals surface area contributed by atoms with Gasteiger partial charge in [-0.15, -0.1) is 12.4 Å². The Hall–Kier alpha value is -2.43. The van der Waals surface area contributed by atoms with Crippen molar-refractivity contribution in [1.82, 2.24) is 9.97 Å². The van der Waals surface area contributed by atoms with Crippen LogP contribution in [0.2, 0.25) is 0 Å². The van der Waals surface area contributed by atoms with Gasteiger partial charge in [-0.25, -0.2) is 4.98 Å². The molecule has 3 aromatic rings. The Bertz CT molecular complexity index is 1040. The zero-order chi connectivity index (χ0) is 20.0. The normalized spacial score (nSPS) is 19.4. The van der Waals surface area contributed by atoms with Gasteiger partial charge in [0.15, 0.2) is 0 Å². The van der Waals surface area contributed by atoms with Crippen LogP contribution < -0.4 is 10.6 Å². The summed E-state index contributed by atoms with van der Waals surface area (Å²) in [7, 11) is 0. The van der Waals surface area contributed by atoms with Gasteiger partial charge in [0.2, 0.25) is 0 Å². The van der Waals surface area contributed by atoms with Gasteiger partial charge < -0.3 is 10.6 Å². The summed E-state index contributed by atoms with van der Waals surface area (Å²) >= 11 is 0. The Balaban J connectivity index is 0.00000218. The Morgan fingerprint density at radius 3 is 2.53 bits per heavy atom. The van der Waals surface area contributed by atoms with Crippen LogP contribution in [0.15, 0.2) is 54.9 Å². The van der Waals surface area contributed by atoms with Crippen molar-refractivity contribution in [2.75, 3.05) is 18.0 Å². The molecule has 0 unspecified atom stereocenters. The number of hydrogen-bond acceptors (Lipinski definition) is 4. The number of halogens is 1. The number of rotatable bonds is 2. The second kappa shape index (κ2) is 8.01. The molecule has 0 saturated carbocycles. The van der Waals surface area contributed by atoms with E-state index in [1.54, 1.807) is 0 Å². The first-order chi connectivity index (χ1) is 14.1. The van der Waals surface area contributed by atoms with Gasteiger partial charge in [-0.3, -0.25) is 4.98 Å². The molecule has 3 heterocycles. The summed E-state index contributed by atoms with van der Waals surface area (Å²) in [5.74, 6) is 1.11. The average Bonchev–Trinajstić information content (AvgIpc) is 3.02. The number of aryl methyl sites for hydroxylation is 1. The Labute approximate surface area is 185 Å². The molecule has 156 valence electrons. The van der Waals surface area contributed by atoms with E-state index >= 15 is 0 Å². The van der Waals surface area contributed by atoms with Gasteiger partial charge in [-0.1, -0.05) is 30.3 Å². The van der Waals surface area contributed by atoms with Crippen molar-refractivity contribution in [2.45, 2.75) is 39.2 Å². The van der Waals surface area contributed by atoms with Crippen molar-refractivity contribution < 1.29 is 0 Å². The molecule has 5 heteroatoms. The van der Waals surface area contributed by atoms with Crippen LogP contribution >= 0.6 is 12.4 Å². The molecule has 2 N–H and O–H groups in total. The third kappa shape index (κ3) is 3.38. The number of pyridine rings is 2. The number of nitrogens with two attached hydrogens (primary N) is 1. The number of fused-ring (bicyclic) bond motifs is 1. The van der Waals surface area contributed by atoms with Gasteiger partial charge in [0, 0.05) is 42.8 Å². The molecule has 0 radical (unpaired) electrons. The summed E-state index contributed by atoms with van der Waals surface area (Å²) < 4.78 is 0. The van der Waals surface area contributed by atoms with Crippen molar-refractivity contribution in [3.63, 3.8) is 0 Å². The maximum Gasteiger partial charge on any atom is 0.132 e. The molecule has 1 aromatic carbocycles. The van der Waals surface area contributed by atoms with Gasteiger partial charge in [0.05, 0.1) is 0 Å². The fourth-order valence-electron chi connectivity index (χ4n) is 5.32. The lowest BCUT2D eigenvalue weighted by Crippen LogP contribution is -2.44. The molecule has 30 heavy (non-hydrogen) atoms. The summed E-state index contributed by atoms with van der Waals surface area (Å²) in [6.45, 7) is 6.28. The molecule has 1 saturated heterocycles. The van der Waals surface area contributed by atoms with E-state index in [0.29, 0.717) is 0 Å². The highest BCUT2D eigenvalue weighted by Gasteiger charge is 2.46. The lowest BCUT2D eigenvalue weighted by molar-refractivity contribution is 0.187. The molecule has 0 bridgehead atoms. The predicted molar refractivity (Wildman–Crippen MR) is 125 cm³/mol. The second-order valence-electron chi connectivity index (χ2n) is 8.70. The van der Waals surface area contributed by atoms with Gasteiger partial charge in [0.1, 0.15) is 5.82 Å². The van der Waals surface area contributed by atoms with E-state index in [1.807, 2.05) is 18.5 Å². The van der Waals surface area contributed by atoms with E-state index in [-0.39, 0.29) is 23.9 Å². The maximum absolute atomic E-state index is 6.75.